The number of anilines is 3. The molecule has 25 heavy (non-hydrogen) atoms. The molecule has 1 aliphatic heterocycles. The second-order valence-corrected chi connectivity index (χ2v) is 5.47. The number of nitrogens with zero attached hydrogens (tertiary/aromatic N) is 3. The average Bonchev–Trinajstić information content (AvgIpc) is 2.77. The summed E-state index contributed by atoms with van der Waals surface area (Å²) in [5.74, 6) is 0.197. The van der Waals surface area contributed by atoms with Crippen LogP contribution in [0.1, 0.15) is 0 Å². The van der Waals surface area contributed by atoms with Crippen LogP contribution in [0.25, 0.3) is 0 Å². The highest BCUT2D eigenvalue weighted by Gasteiger charge is 2.32. The Balaban J connectivity index is 2.21. The van der Waals surface area contributed by atoms with Gasteiger partial charge in [-0.2, -0.15) is 0 Å². The Hall–Kier alpha value is -3.06. The predicted octanol–water partition coefficient (Wildman–Crippen LogP) is 2.61. The summed E-state index contributed by atoms with van der Waals surface area (Å²) in [5.41, 5.74) is 2.31. The van der Waals surface area contributed by atoms with Gasteiger partial charge in [0.15, 0.2) is 5.71 Å². The molecule has 1 aliphatic rings. The Morgan fingerprint density at radius 3 is 2.52 bits per heavy atom. The molecule has 7 nitrogen and oxygen atoms in total. The molecule has 130 valence electrons. The molecule has 1 N–H and O–H groups in total. The molecule has 0 aliphatic carbocycles. The molecule has 0 saturated heterocycles. The van der Waals surface area contributed by atoms with E-state index in [0.717, 1.165) is 11.4 Å². The van der Waals surface area contributed by atoms with Gasteiger partial charge in [0, 0.05) is 18.9 Å². The van der Waals surface area contributed by atoms with Gasteiger partial charge in [0.05, 0.1) is 25.0 Å². The van der Waals surface area contributed by atoms with E-state index in [1.165, 1.54) is 12.0 Å². The monoisotopic (exact) mass is 341 g/mol. The first kappa shape index (κ1) is 16.8. The van der Waals surface area contributed by atoms with Crippen molar-refractivity contribution in [1.82, 2.24) is 0 Å². The number of hydrogen-bond acceptors (Lipinski definition) is 6. The molecule has 7 heteroatoms. The highest BCUT2D eigenvalue weighted by atomic mass is 16.5. The molecule has 1 amide bonds. The van der Waals surface area contributed by atoms with E-state index in [0.29, 0.717) is 11.4 Å². The number of oxime groups is 1. The lowest BCUT2D eigenvalue weighted by atomic mass is 10.2. The number of carbonyl (C=O) groups is 1. The van der Waals surface area contributed by atoms with E-state index in [-0.39, 0.29) is 19.0 Å². The average molecular weight is 341 g/mol. The quantitative estimate of drug-likeness (QED) is 0.683. The molecule has 0 bridgehead atoms. The molecule has 0 unspecified atom stereocenters. The molecule has 0 aromatic heterocycles. The van der Waals surface area contributed by atoms with Crippen molar-refractivity contribution in [3.63, 3.8) is 0 Å². The van der Waals surface area contributed by atoms with Crippen molar-refractivity contribution in [2.24, 2.45) is 5.16 Å². The number of para-hydroxylation sites is 1. The number of hydrogen-bond donors (Lipinski definition) is 1. The summed E-state index contributed by atoms with van der Waals surface area (Å²) in [4.78, 5) is 16.1. The molecule has 2 aromatic rings. The minimum absolute atomic E-state index is 0.0241. The van der Waals surface area contributed by atoms with Crippen molar-refractivity contribution in [2.75, 3.05) is 37.3 Å². The van der Waals surface area contributed by atoms with Crippen LogP contribution in [-0.4, -0.2) is 44.3 Å². The van der Waals surface area contributed by atoms with E-state index in [4.69, 9.17) is 9.47 Å². The van der Waals surface area contributed by atoms with Crippen LogP contribution in [0.2, 0.25) is 0 Å². The molecule has 0 spiro atoms. The maximum Gasteiger partial charge on any atom is 0.279 e. The zero-order valence-corrected chi connectivity index (χ0v) is 14.0. The van der Waals surface area contributed by atoms with Crippen LogP contribution in [0.4, 0.5) is 17.1 Å². The molecular formula is C18H19N3O4. The molecular weight excluding hydrogens is 322 g/mol. The normalized spacial score (nSPS) is 15.9. The zero-order chi connectivity index (χ0) is 17.8. The van der Waals surface area contributed by atoms with Gasteiger partial charge >= 0.3 is 0 Å². The van der Waals surface area contributed by atoms with Gasteiger partial charge in [-0.05, 0) is 24.3 Å². The summed E-state index contributed by atoms with van der Waals surface area (Å²) < 4.78 is 10.5. The Kier molecular flexibility index (Phi) is 4.85. The largest absolute Gasteiger partial charge is 0.497 e. The molecule has 2 aromatic carbocycles. The van der Waals surface area contributed by atoms with E-state index < -0.39 is 5.91 Å². The third-order valence-corrected chi connectivity index (χ3v) is 4.01. The fourth-order valence-corrected chi connectivity index (χ4v) is 2.81. The van der Waals surface area contributed by atoms with Crippen LogP contribution in [0, 0.1) is 0 Å². The van der Waals surface area contributed by atoms with Crippen molar-refractivity contribution in [2.45, 2.75) is 0 Å². The summed E-state index contributed by atoms with van der Waals surface area (Å²) >= 11 is 0. The van der Waals surface area contributed by atoms with Gasteiger partial charge in [-0.25, -0.2) is 0 Å². The van der Waals surface area contributed by atoms with Crippen molar-refractivity contribution in [1.29, 1.82) is 0 Å². The topological polar surface area (TPSA) is 74.6 Å². The van der Waals surface area contributed by atoms with Crippen LogP contribution in [0.5, 0.6) is 5.75 Å². The lowest BCUT2D eigenvalue weighted by molar-refractivity contribution is -0.113. The van der Waals surface area contributed by atoms with Crippen LogP contribution in [-0.2, 0) is 9.53 Å². The number of methoxy groups -OCH3 is 2. The lowest BCUT2D eigenvalue weighted by Crippen LogP contribution is -2.39. The van der Waals surface area contributed by atoms with Crippen LogP contribution in [0.3, 0.4) is 0 Å². The number of carbonyl (C=O) groups excluding carboxylic acids is 1. The second kappa shape index (κ2) is 7.23. The molecule has 3 rings (SSSR count). The van der Waals surface area contributed by atoms with E-state index >= 15 is 0 Å². The van der Waals surface area contributed by atoms with Gasteiger partial charge in [0.25, 0.3) is 5.91 Å². The summed E-state index contributed by atoms with van der Waals surface area (Å²) in [5, 5.41) is 12.6. The van der Waals surface area contributed by atoms with E-state index in [1.807, 2.05) is 47.4 Å². The van der Waals surface area contributed by atoms with Gasteiger partial charge in [-0.1, -0.05) is 23.4 Å². The van der Waals surface area contributed by atoms with Gasteiger partial charge in [-0.3, -0.25) is 9.69 Å². The van der Waals surface area contributed by atoms with Gasteiger partial charge in [0.1, 0.15) is 12.5 Å². The number of ether oxygens (including phenoxy) is 2. The number of rotatable bonds is 4. The second-order valence-electron chi connectivity index (χ2n) is 5.47. The first-order valence-corrected chi connectivity index (χ1v) is 7.72. The van der Waals surface area contributed by atoms with Crippen molar-refractivity contribution >= 4 is 28.7 Å². The molecule has 0 saturated carbocycles. The highest BCUT2D eigenvalue weighted by molar-refractivity contribution is 6.45. The van der Waals surface area contributed by atoms with Crippen LogP contribution < -0.4 is 14.5 Å². The summed E-state index contributed by atoms with van der Waals surface area (Å²) in [6.45, 7) is 0.166. The Morgan fingerprint density at radius 2 is 1.88 bits per heavy atom. The third-order valence-electron chi connectivity index (χ3n) is 4.01. The minimum atomic E-state index is -0.419. The fraction of sp³-hybridized carbons (Fsp3) is 0.222. The summed E-state index contributed by atoms with van der Waals surface area (Å²) in [6, 6.07) is 15.1. The van der Waals surface area contributed by atoms with Crippen molar-refractivity contribution < 1.29 is 19.5 Å². The van der Waals surface area contributed by atoms with Crippen LogP contribution in [0.15, 0.2) is 53.7 Å². The molecule has 0 radical (unpaired) electrons. The number of amides is 1. The van der Waals surface area contributed by atoms with Gasteiger partial charge in [0.2, 0.25) is 0 Å². The van der Waals surface area contributed by atoms with E-state index in [1.54, 1.807) is 13.2 Å². The Bertz CT molecular complexity index is 792. The summed E-state index contributed by atoms with van der Waals surface area (Å²) in [7, 11) is 3.07. The summed E-state index contributed by atoms with van der Waals surface area (Å²) in [6.07, 6.45) is 0. The lowest BCUT2D eigenvalue weighted by Gasteiger charge is -2.26. The van der Waals surface area contributed by atoms with E-state index in [9.17, 15) is 10.0 Å². The zero-order valence-electron chi connectivity index (χ0n) is 14.0. The van der Waals surface area contributed by atoms with Crippen molar-refractivity contribution in [3.05, 3.63) is 48.5 Å². The molecule has 1 heterocycles. The third kappa shape index (κ3) is 3.14. The molecule has 0 fully saturated rings. The smallest absolute Gasteiger partial charge is 0.279 e. The number of benzene rings is 2. The number of fused-ring (bicyclic) bond motifs is 1. The minimum Gasteiger partial charge on any atom is -0.497 e. The molecule has 0 atom stereocenters. The SMILES string of the molecule is COCN1C(=O)C(=NO)CN(c2ccccc2)c2ccc(OC)cc21. The maximum absolute atomic E-state index is 12.8. The Morgan fingerprint density at radius 1 is 1.12 bits per heavy atom. The highest BCUT2D eigenvalue weighted by Crippen LogP contribution is 2.39. The predicted molar refractivity (Wildman–Crippen MR) is 95.0 cm³/mol. The van der Waals surface area contributed by atoms with Crippen LogP contribution >= 0.6 is 0 Å². The van der Waals surface area contributed by atoms with Gasteiger partial charge in [-0.15, -0.1) is 0 Å². The van der Waals surface area contributed by atoms with Gasteiger partial charge < -0.3 is 19.6 Å². The Labute approximate surface area is 145 Å². The maximum atomic E-state index is 12.8. The van der Waals surface area contributed by atoms with E-state index in [2.05, 4.69) is 5.16 Å². The standard InChI is InChI=1S/C18H19N3O4/c1-24-12-21-17-10-14(25-2)8-9-16(17)20(11-15(19-23)18(21)22)13-6-4-3-5-7-13/h3-10,23H,11-12H2,1-2H3. The fourth-order valence-electron chi connectivity index (χ4n) is 2.81. The first-order valence-electron chi connectivity index (χ1n) is 7.72. The van der Waals surface area contributed by atoms with Crippen molar-refractivity contribution in [3.8, 4) is 5.75 Å². The first-order chi connectivity index (χ1) is 12.2.